The van der Waals surface area contributed by atoms with E-state index in [2.05, 4.69) is 37.0 Å². The molecule has 0 atom stereocenters. The van der Waals surface area contributed by atoms with Gasteiger partial charge in [0, 0.05) is 17.6 Å². The van der Waals surface area contributed by atoms with Crippen molar-refractivity contribution >= 4 is 10.9 Å². The molecule has 78 valence electrons. The van der Waals surface area contributed by atoms with Crippen molar-refractivity contribution in [1.29, 1.82) is 0 Å². The SMILES string of the molecule is Cc1cc(C)c2nc(C)cc(CN)c2c1. The maximum Gasteiger partial charge on any atom is 0.0737 e. The van der Waals surface area contributed by atoms with E-state index < -0.39 is 0 Å². The van der Waals surface area contributed by atoms with E-state index in [-0.39, 0.29) is 0 Å². The lowest BCUT2D eigenvalue weighted by molar-refractivity contribution is 1.07. The normalized spacial score (nSPS) is 10.9. The van der Waals surface area contributed by atoms with Crippen molar-refractivity contribution in [2.45, 2.75) is 27.3 Å². The van der Waals surface area contributed by atoms with E-state index in [1.165, 1.54) is 22.1 Å². The molecule has 0 saturated heterocycles. The summed E-state index contributed by atoms with van der Waals surface area (Å²) in [5, 5.41) is 1.20. The molecular weight excluding hydrogens is 184 g/mol. The number of hydrogen-bond acceptors (Lipinski definition) is 2. The Morgan fingerprint density at radius 1 is 1.13 bits per heavy atom. The zero-order chi connectivity index (χ0) is 11.0. The predicted octanol–water partition coefficient (Wildman–Crippen LogP) is 2.62. The van der Waals surface area contributed by atoms with Gasteiger partial charge in [0.1, 0.15) is 0 Å². The van der Waals surface area contributed by atoms with Gasteiger partial charge in [-0.3, -0.25) is 4.98 Å². The lowest BCUT2D eigenvalue weighted by Gasteiger charge is -2.09. The molecule has 0 aliphatic carbocycles. The minimum absolute atomic E-state index is 0.572. The topological polar surface area (TPSA) is 38.9 Å². The minimum atomic E-state index is 0.572. The van der Waals surface area contributed by atoms with Crippen LogP contribution >= 0.6 is 0 Å². The fourth-order valence-corrected chi connectivity index (χ4v) is 2.06. The van der Waals surface area contributed by atoms with Crippen LogP contribution in [0.25, 0.3) is 10.9 Å². The molecule has 15 heavy (non-hydrogen) atoms. The molecule has 0 aliphatic heterocycles. The molecule has 0 radical (unpaired) electrons. The van der Waals surface area contributed by atoms with E-state index in [1.54, 1.807) is 0 Å². The monoisotopic (exact) mass is 200 g/mol. The smallest absolute Gasteiger partial charge is 0.0737 e. The standard InChI is InChI=1S/C13H16N2/c1-8-4-9(2)13-12(5-8)11(7-14)6-10(3)15-13/h4-6H,7,14H2,1-3H3. The van der Waals surface area contributed by atoms with Gasteiger partial charge in [0.05, 0.1) is 5.52 Å². The zero-order valence-electron chi connectivity index (χ0n) is 9.46. The first-order chi connectivity index (χ1) is 7.11. The van der Waals surface area contributed by atoms with E-state index in [0.29, 0.717) is 6.54 Å². The first-order valence-electron chi connectivity index (χ1n) is 5.19. The molecular formula is C13H16N2. The van der Waals surface area contributed by atoms with Gasteiger partial charge in [-0.25, -0.2) is 0 Å². The van der Waals surface area contributed by atoms with Crippen molar-refractivity contribution < 1.29 is 0 Å². The molecule has 0 amide bonds. The van der Waals surface area contributed by atoms with E-state index in [9.17, 15) is 0 Å². The van der Waals surface area contributed by atoms with Gasteiger partial charge in [0.25, 0.3) is 0 Å². The van der Waals surface area contributed by atoms with E-state index >= 15 is 0 Å². The summed E-state index contributed by atoms with van der Waals surface area (Å²) in [4.78, 5) is 4.57. The van der Waals surface area contributed by atoms with Crippen LogP contribution in [0, 0.1) is 20.8 Å². The summed E-state index contributed by atoms with van der Waals surface area (Å²) in [6.45, 7) is 6.79. The molecule has 0 aliphatic rings. The molecule has 0 saturated carbocycles. The average molecular weight is 200 g/mol. The summed E-state index contributed by atoms with van der Waals surface area (Å²) in [5.41, 5.74) is 11.6. The lowest BCUT2D eigenvalue weighted by Crippen LogP contribution is -2.00. The third kappa shape index (κ3) is 1.73. The fourth-order valence-electron chi connectivity index (χ4n) is 2.06. The molecule has 2 N–H and O–H groups in total. The maximum atomic E-state index is 5.76. The molecule has 1 aromatic heterocycles. The number of aromatic nitrogens is 1. The Bertz CT molecular complexity index is 515. The number of fused-ring (bicyclic) bond motifs is 1. The number of hydrogen-bond donors (Lipinski definition) is 1. The molecule has 0 bridgehead atoms. The Morgan fingerprint density at radius 2 is 1.87 bits per heavy atom. The largest absolute Gasteiger partial charge is 0.326 e. The van der Waals surface area contributed by atoms with Gasteiger partial charge in [-0.15, -0.1) is 0 Å². The van der Waals surface area contributed by atoms with Gasteiger partial charge >= 0.3 is 0 Å². The van der Waals surface area contributed by atoms with Gasteiger partial charge in [0.2, 0.25) is 0 Å². The molecule has 0 unspecified atom stereocenters. The number of nitrogens with two attached hydrogens (primary N) is 1. The highest BCUT2D eigenvalue weighted by Gasteiger charge is 2.05. The summed E-state index contributed by atoms with van der Waals surface area (Å²) in [6, 6.07) is 6.40. The number of benzene rings is 1. The predicted molar refractivity (Wildman–Crippen MR) is 63.8 cm³/mol. The zero-order valence-corrected chi connectivity index (χ0v) is 9.46. The van der Waals surface area contributed by atoms with Crippen molar-refractivity contribution in [1.82, 2.24) is 4.98 Å². The quantitative estimate of drug-likeness (QED) is 0.768. The number of pyridine rings is 1. The van der Waals surface area contributed by atoms with Crippen LogP contribution in [0.5, 0.6) is 0 Å². The number of rotatable bonds is 1. The first kappa shape index (κ1) is 10.1. The Kier molecular flexibility index (Phi) is 2.45. The van der Waals surface area contributed by atoms with Crippen molar-refractivity contribution in [3.8, 4) is 0 Å². The van der Waals surface area contributed by atoms with Gasteiger partial charge in [-0.2, -0.15) is 0 Å². The van der Waals surface area contributed by atoms with Crippen LogP contribution in [0.15, 0.2) is 18.2 Å². The minimum Gasteiger partial charge on any atom is -0.326 e. The van der Waals surface area contributed by atoms with Crippen molar-refractivity contribution in [3.63, 3.8) is 0 Å². The highest BCUT2D eigenvalue weighted by atomic mass is 14.7. The number of aryl methyl sites for hydroxylation is 3. The van der Waals surface area contributed by atoms with Crippen LogP contribution in [-0.4, -0.2) is 4.98 Å². The summed E-state index contributed by atoms with van der Waals surface area (Å²) < 4.78 is 0. The Morgan fingerprint density at radius 3 is 2.53 bits per heavy atom. The van der Waals surface area contributed by atoms with Gasteiger partial charge in [-0.05, 0) is 44.0 Å². The Hall–Kier alpha value is -1.41. The third-order valence-electron chi connectivity index (χ3n) is 2.68. The highest BCUT2D eigenvalue weighted by molar-refractivity contribution is 5.85. The Balaban J connectivity index is 2.89. The van der Waals surface area contributed by atoms with Gasteiger partial charge in [0.15, 0.2) is 0 Å². The molecule has 0 fully saturated rings. The fraction of sp³-hybridized carbons (Fsp3) is 0.308. The molecule has 2 rings (SSSR count). The van der Waals surface area contributed by atoms with Crippen molar-refractivity contribution in [3.05, 3.63) is 40.6 Å². The second-order valence-electron chi connectivity index (χ2n) is 4.10. The lowest BCUT2D eigenvalue weighted by atomic mass is 10.0. The molecule has 1 aromatic carbocycles. The molecule has 2 heteroatoms. The van der Waals surface area contributed by atoms with E-state index in [4.69, 9.17) is 5.73 Å². The van der Waals surface area contributed by atoms with E-state index in [0.717, 1.165) is 11.2 Å². The van der Waals surface area contributed by atoms with Crippen molar-refractivity contribution in [2.75, 3.05) is 0 Å². The van der Waals surface area contributed by atoms with Gasteiger partial charge in [-0.1, -0.05) is 11.6 Å². The Labute approximate surface area is 90.1 Å². The second-order valence-corrected chi connectivity index (χ2v) is 4.10. The third-order valence-corrected chi connectivity index (χ3v) is 2.68. The maximum absolute atomic E-state index is 5.76. The average Bonchev–Trinajstić information content (AvgIpc) is 2.18. The van der Waals surface area contributed by atoms with Crippen LogP contribution < -0.4 is 5.73 Å². The van der Waals surface area contributed by atoms with Crippen LogP contribution in [0.4, 0.5) is 0 Å². The number of nitrogens with zero attached hydrogens (tertiary/aromatic N) is 1. The van der Waals surface area contributed by atoms with Crippen molar-refractivity contribution in [2.24, 2.45) is 5.73 Å². The van der Waals surface area contributed by atoms with Crippen LogP contribution in [0.2, 0.25) is 0 Å². The molecule has 2 nitrogen and oxygen atoms in total. The summed E-state index contributed by atoms with van der Waals surface area (Å²) >= 11 is 0. The van der Waals surface area contributed by atoms with Crippen LogP contribution in [-0.2, 0) is 6.54 Å². The summed E-state index contributed by atoms with van der Waals surface area (Å²) in [7, 11) is 0. The van der Waals surface area contributed by atoms with Crippen LogP contribution in [0.1, 0.15) is 22.4 Å². The second kappa shape index (κ2) is 3.63. The molecule has 2 aromatic rings. The summed E-state index contributed by atoms with van der Waals surface area (Å²) in [5.74, 6) is 0. The molecule has 0 spiro atoms. The first-order valence-corrected chi connectivity index (χ1v) is 5.19. The van der Waals surface area contributed by atoms with E-state index in [1.807, 2.05) is 6.92 Å². The van der Waals surface area contributed by atoms with Gasteiger partial charge < -0.3 is 5.73 Å². The van der Waals surface area contributed by atoms with Crippen LogP contribution in [0.3, 0.4) is 0 Å². The highest BCUT2D eigenvalue weighted by Crippen LogP contribution is 2.22. The summed E-state index contributed by atoms with van der Waals surface area (Å²) in [6.07, 6.45) is 0. The molecule has 1 heterocycles.